The number of aromatic nitrogens is 2. The maximum atomic E-state index is 9.24. The zero-order valence-electron chi connectivity index (χ0n) is 11.3. The van der Waals surface area contributed by atoms with Gasteiger partial charge in [-0.05, 0) is 30.7 Å². The summed E-state index contributed by atoms with van der Waals surface area (Å²) >= 11 is 0. The van der Waals surface area contributed by atoms with E-state index in [0.717, 1.165) is 43.7 Å². The molecule has 0 radical (unpaired) electrons. The van der Waals surface area contributed by atoms with Gasteiger partial charge in [-0.25, -0.2) is 4.98 Å². The van der Waals surface area contributed by atoms with E-state index < -0.39 is 0 Å². The van der Waals surface area contributed by atoms with Gasteiger partial charge in [0.2, 0.25) is 0 Å². The van der Waals surface area contributed by atoms with E-state index in [-0.39, 0.29) is 0 Å². The molecule has 102 valence electrons. The molecule has 0 atom stereocenters. The van der Waals surface area contributed by atoms with E-state index in [1.165, 1.54) is 0 Å². The van der Waals surface area contributed by atoms with Gasteiger partial charge in [-0.1, -0.05) is 19.1 Å². The molecule has 19 heavy (non-hydrogen) atoms. The van der Waals surface area contributed by atoms with Crippen LogP contribution < -0.4 is 5.32 Å². The number of hydrogen-bond acceptors (Lipinski definition) is 3. The number of benzene rings is 1. The fourth-order valence-electron chi connectivity index (χ4n) is 1.95. The molecular formula is C15H21N3O. The predicted molar refractivity (Wildman–Crippen MR) is 76.3 cm³/mol. The Morgan fingerprint density at radius 2 is 2.00 bits per heavy atom. The number of phenols is 1. The van der Waals surface area contributed by atoms with E-state index in [4.69, 9.17) is 0 Å². The zero-order valence-corrected chi connectivity index (χ0v) is 11.3. The van der Waals surface area contributed by atoms with Crippen molar-refractivity contribution in [2.45, 2.75) is 26.3 Å². The van der Waals surface area contributed by atoms with Crippen LogP contribution in [0.25, 0.3) is 0 Å². The molecule has 0 saturated heterocycles. The molecular weight excluding hydrogens is 238 g/mol. The molecule has 0 unspecified atom stereocenters. The van der Waals surface area contributed by atoms with E-state index in [1.807, 2.05) is 18.5 Å². The van der Waals surface area contributed by atoms with Crippen molar-refractivity contribution in [1.29, 1.82) is 0 Å². The fourth-order valence-corrected chi connectivity index (χ4v) is 1.95. The first-order valence-electron chi connectivity index (χ1n) is 6.77. The van der Waals surface area contributed by atoms with Crippen LogP contribution in [0.1, 0.15) is 24.6 Å². The first-order valence-corrected chi connectivity index (χ1v) is 6.77. The van der Waals surface area contributed by atoms with Crippen molar-refractivity contribution in [1.82, 2.24) is 14.9 Å². The molecule has 1 aromatic heterocycles. The van der Waals surface area contributed by atoms with Gasteiger partial charge in [0.05, 0.1) is 12.0 Å². The molecule has 4 nitrogen and oxygen atoms in total. The normalized spacial score (nSPS) is 10.8. The molecule has 2 N–H and O–H groups in total. The second kappa shape index (κ2) is 6.95. The van der Waals surface area contributed by atoms with Crippen molar-refractivity contribution in [3.05, 3.63) is 48.0 Å². The third kappa shape index (κ3) is 4.41. The van der Waals surface area contributed by atoms with Crippen LogP contribution in [0.2, 0.25) is 0 Å². The Balaban J connectivity index is 1.85. The summed E-state index contributed by atoms with van der Waals surface area (Å²) in [5.74, 6) is 0.303. The predicted octanol–water partition coefficient (Wildman–Crippen LogP) is 2.18. The van der Waals surface area contributed by atoms with Crippen molar-refractivity contribution in [2.75, 3.05) is 13.1 Å². The van der Waals surface area contributed by atoms with Crippen molar-refractivity contribution in [2.24, 2.45) is 0 Å². The molecule has 0 bridgehead atoms. The summed E-state index contributed by atoms with van der Waals surface area (Å²) in [6, 6.07) is 7.28. The molecule has 0 aliphatic rings. The minimum absolute atomic E-state index is 0.303. The molecule has 0 saturated carbocycles. The van der Waals surface area contributed by atoms with Crippen LogP contribution in [-0.4, -0.2) is 27.7 Å². The Bertz CT molecular complexity index is 490. The smallest absolute Gasteiger partial charge is 0.115 e. The first kappa shape index (κ1) is 13.6. The lowest BCUT2D eigenvalue weighted by Gasteiger charge is -2.02. The van der Waals surface area contributed by atoms with Gasteiger partial charge in [-0.3, -0.25) is 0 Å². The molecule has 1 heterocycles. The highest BCUT2D eigenvalue weighted by Crippen LogP contribution is 2.11. The van der Waals surface area contributed by atoms with E-state index in [9.17, 15) is 5.11 Å². The maximum Gasteiger partial charge on any atom is 0.115 e. The van der Waals surface area contributed by atoms with Gasteiger partial charge < -0.3 is 15.0 Å². The highest BCUT2D eigenvalue weighted by molar-refractivity contribution is 5.26. The van der Waals surface area contributed by atoms with Crippen molar-refractivity contribution in [3.8, 4) is 5.75 Å². The number of aromatic hydroxyl groups is 1. The minimum atomic E-state index is 0.303. The molecule has 4 heteroatoms. The molecule has 2 rings (SSSR count). The molecule has 0 aliphatic heterocycles. The van der Waals surface area contributed by atoms with Crippen LogP contribution in [0, 0.1) is 0 Å². The number of nitrogens with one attached hydrogen (secondary N) is 1. The first-order chi connectivity index (χ1) is 9.28. The highest BCUT2D eigenvalue weighted by Gasteiger charge is 2.00. The minimum Gasteiger partial charge on any atom is -0.508 e. The van der Waals surface area contributed by atoms with E-state index >= 15 is 0 Å². The molecule has 0 aliphatic carbocycles. The molecule has 0 spiro atoms. The van der Waals surface area contributed by atoms with Crippen LogP contribution in [-0.2, 0) is 13.0 Å². The molecule has 0 fully saturated rings. The van der Waals surface area contributed by atoms with Gasteiger partial charge in [0.25, 0.3) is 0 Å². The summed E-state index contributed by atoms with van der Waals surface area (Å²) in [4.78, 5) is 4.40. The van der Waals surface area contributed by atoms with Gasteiger partial charge in [0.15, 0.2) is 0 Å². The number of phenolic OH excluding ortho intramolecular Hbond substituents is 1. The number of nitrogens with zero attached hydrogens (tertiary/aromatic N) is 2. The lowest BCUT2D eigenvalue weighted by Crippen LogP contribution is -2.17. The number of imidazole rings is 1. The maximum absolute atomic E-state index is 9.24. The van der Waals surface area contributed by atoms with Gasteiger partial charge in [0, 0.05) is 25.7 Å². The largest absolute Gasteiger partial charge is 0.508 e. The third-order valence-corrected chi connectivity index (χ3v) is 2.97. The van der Waals surface area contributed by atoms with Crippen molar-refractivity contribution in [3.63, 3.8) is 0 Å². The van der Waals surface area contributed by atoms with Crippen LogP contribution >= 0.6 is 0 Å². The van der Waals surface area contributed by atoms with Crippen LogP contribution in [0.4, 0.5) is 0 Å². The SMILES string of the molecule is CCCNCCc1cn(Cc2ccc(O)cc2)cn1. The Morgan fingerprint density at radius 3 is 2.74 bits per heavy atom. The molecule has 2 aromatic rings. The van der Waals surface area contributed by atoms with Crippen LogP contribution in [0.15, 0.2) is 36.8 Å². The Labute approximate surface area is 114 Å². The average molecular weight is 259 g/mol. The van der Waals surface area contributed by atoms with Crippen LogP contribution in [0.5, 0.6) is 5.75 Å². The summed E-state index contributed by atoms with van der Waals surface area (Å²) in [5, 5.41) is 12.6. The summed E-state index contributed by atoms with van der Waals surface area (Å²) in [7, 11) is 0. The summed E-state index contributed by atoms with van der Waals surface area (Å²) in [6.07, 6.45) is 6.07. The van der Waals surface area contributed by atoms with Gasteiger partial charge in [0.1, 0.15) is 5.75 Å². The molecule has 0 amide bonds. The number of hydrogen-bond donors (Lipinski definition) is 2. The Kier molecular flexibility index (Phi) is 4.98. The summed E-state index contributed by atoms with van der Waals surface area (Å²) in [6.45, 7) is 4.99. The summed E-state index contributed by atoms with van der Waals surface area (Å²) < 4.78 is 2.07. The fraction of sp³-hybridized carbons (Fsp3) is 0.400. The van der Waals surface area contributed by atoms with Crippen molar-refractivity contribution < 1.29 is 5.11 Å². The van der Waals surface area contributed by atoms with E-state index in [1.54, 1.807) is 12.1 Å². The lowest BCUT2D eigenvalue weighted by molar-refractivity contribution is 0.475. The second-order valence-corrected chi connectivity index (χ2v) is 4.70. The highest BCUT2D eigenvalue weighted by atomic mass is 16.3. The van der Waals surface area contributed by atoms with Gasteiger partial charge in [-0.15, -0.1) is 0 Å². The van der Waals surface area contributed by atoms with Crippen molar-refractivity contribution >= 4 is 0 Å². The Morgan fingerprint density at radius 1 is 1.21 bits per heavy atom. The zero-order chi connectivity index (χ0) is 13.5. The standard InChI is InChI=1S/C15H21N3O/c1-2-8-16-9-7-14-11-18(12-17-14)10-13-3-5-15(19)6-4-13/h3-6,11-12,16,19H,2,7-10H2,1H3. The van der Waals surface area contributed by atoms with Gasteiger partial charge in [-0.2, -0.15) is 0 Å². The molecule has 1 aromatic carbocycles. The lowest BCUT2D eigenvalue weighted by atomic mass is 10.2. The van der Waals surface area contributed by atoms with Crippen LogP contribution in [0.3, 0.4) is 0 Å². The summed E-state index contributed by atoms with van der Waals surface area (Å²) in [5.41, 5.74) is 2.27. The quantitative estimate of drug-likeness (QED) is 0.749. The number of rotatable bonds is 7. The van der Waals surface area contributed by atoms with Gasteiger partial charge >= 0.3 is 0 Å². The topological polar surface area (TPSA) is 50.1 Å². The Hall–Kier alpha value is -1.81. The monoisotopic (exact) mass is 259 g/mol. The van der Waals surface area contributed by atoms with E-state index in [2.05, 4.69) is 28.0 Å². The van der Waals surface area contributed by atoms with E-state index in [0.29, 0.717) is 5.75 Å². The second-order valence-electron chi connectivity index (χ2n) is 4.70. The third-order valence-electron chi connectivity index (χ3n) is 2.97. The average Bonchev–Trinajstić information content (AvgIpc) is 2.85.